The fourth-order valence-corrected chi connectivity index (χ4v) is 2.55. The molecule has 2 N–H and O–H groups in total. The van der Waals surface area contributed by atoms with Crippen molar-refractivity contribution < 1.29 is 9.85 Å². The van der Waals surface area contributed by atoms with E-state index < -0.39 is 15.5 Å². The lowest BCUT2D eigenvalue weighted by Crippen LogP contribution is -1.98. The van der Waals surface area contributed by atoms with Crippen LogP contribution in [-0.4, -0.2) is 21.0 Å². The Labute approximate surface area is 145 Å². The van der Waals surface area contributed by atoms with Gasteiger partial charge < -0.3 is 4.98 Å². The first kappa shape index (κ1) is 16.4. The Morgan fingerprint density at radius 2 is 1.88 bits per heavy atom. The molecule has 0 atom stereocenters. The molecule has 0 spiro atoms. The number of H-pyrrole nitrogens is 1. The van der Waals surface area contributed by atoms with Crippen molar-refractivity contribution in [1.82, 2.24) is 4.98 Å². The number of halogens is 1. The number of hydrazone groups is 1. The summed E-state index contributed by atoms with van der Waals surface area (Å²) in [7, 11) is 0. The van der Waals surface area contributed by atoms with Gasteiger partial charge in [0.2, 0.25) is 0 Å². The third kappa shape index (κ3) is 3.26. The summed E-state index contributed by atoms with van der Waals surface area (Å²) in [5.74, 6) is 0. The van der Waals surface area contributed by atoms with Gasteiger partial charge in [0.25, 0.3) is 5.69 Å². The van der Waals surface area contributed by atoms with Crippen LogP contribution in [0.3, 0.4) is 0 Å². The van der Waals surface area contributed by atoms with Crippen LogP contribution < -0.4 is 5.43 Å². The van der Waals surface area contributed by atoms with E-state index in [-0.39, 0.29) is 11.4 Å². The van der Waals surface area contributed by atoms with E-state index in [1.807, 2.05) is 24.3 Å². The molecule has 1 aromatic heterocycles. The standard InChI is InChI=1S/C15H10ClN5O4/c16-15-11(10-3-1-2-4-12(10)18-15)8-17-19-13-6-5-9(20(22)23)7-14(13)21(24)25/h1-8,18-19H. The van der Waals surface area contributed by atoms with Gasteiger partial charge >= 0.3 is 5.69 Å². The highest BCUT2D eigenvalue weighted by Gasteiger charge is 2.19. The molecule has 9 nitrogen and oxygen atoms in total. The molecule has 0 aliphatic rings. The van der Waals surface area contributed by atoms with Crippen molar-refractivity contribution >= 4 is 45.8 Å². The van der Waals surface area contributed by atoms with Gasteiger partial charge in [-0.2, -0.15) is 5.10 Å². The van der Waals surface area contributed by atoms with Crippen LogP contribution in [0.15, 0.2) is 47.6 Å². The average Bonchev–Trinajstić information content (AvgIpc) is 2.90. The third-order valence-corrected chi connectivity index (χ3v) is 3.76. The highest BCUT2D eigenvalue weighted by atomic mass is 35.5. The van der Waals surface area contributed by atoms with Crippen molar-refractivity contribution in [2.24, 2.45) is 5.10 Å². The van der Waals surface area contributed by atoms with Gasteiger partial charge in [-0.3, -0.25) is 25.7 Å². The summed E-state index contributed by atoms with van der Waals surface area (Å²) in [4.78, 5) is 23.4. The van der Waals surface area contributed by atoms with Gasteiger partial charge in [-0.15, -0.1) is 0 Å². The summed E-state index contributed by atoms with van der Waals surface area (Å²) in [5.41, 5.74) is 3.18. The predicted octanol–water partition coefficient (Wildman–Crippen LogP) is 4.08. The van der Waals surface area contributed by atoms with Crippen LogP contribution in [0.25, 0.3) is 10.9 Å². The molecule has 0 unspecified atom stereocenters. The second kappa shape index (κ2) is 6.57. The SMILES string of the molecule is O=[N+]([O-])c1ccc(NN=Cc2c(Cl)[nH]c3ccccc23)c([N+](=O)[O-])c1. The second-order valence-corrected chi connectivity index (χ2v) is 5.36. The Bertz CT molecular complexity index is 1010. The first-order chi connectivity index (χ1) is 12.0. The van der Waals surface area contributed by atoms with Gasteiger partial charge in [-0.1, -0.05) is 29.8 Å². The van der Waals surface area contributed by atoms with Crippen molar-refractivity contribution in [3.8, 4) is 0 Å². The molecule has 0 saturated carbocycles. The molecular weight excluding hydrogens is 350 g/mol. The van der Waals surface area contributed by atoms with Gasteiger partial charge in [-0.25, -0.2) is 0 Å². The minimum Gasteiger partial charge on any atom is -0.345 e. The topological polar surface area (TPSA) is 126 Å². The second-order valence-electron chi connectivity index (χ2n) is 4.98. The van der Waals surface area contributed by atoms with E-state index in [9.17, 15) is 20.2 Å². The Morgan fingerprint density at radius 3 is 2.60 bits per heavy atom. The molecule has 2 aromatic carbocycles. The van der Waals surface area contributed by atoms with Crippen LogP contribution in [0.1, 0.15) is 5.56 Å². The molecule has 10 heteroatoms. The molecule has 0 bridgehead atoms. The van der Waals surface area contributed by atoms with Crippen LogP contribution in [0, 0.1) is 20.2 Å². The molecule has 0 radical (unpaired) electrons. The first-order valence-corrected chi connectivity index (χ1v) is 7.33. The Kier molecular flexibility index (Phi) is 4.31. The van der Waals surface area contributed by atoms with E-state index in [0.29, 0.717) is 10.7 Å². The maximum absolute atomic E-state index is 11.1. The maximum atomic E-state index is 11.1. The number of benzene rings is 2. The Balaban J connectivity index is 1.90. The van der Waals surface area contributed by atoms with E-state index in [1.165, 1.54) is 12.3 Å². The van der Waals surface area contributed by atoms with Gasteiger partial charge in [0.1, 0.15) is 10.8 Å². The number of hydrogen-bond acceptors (Lipinski definition) is 6. The number of nitrogens with one attached hydrogen (secondary N) is 2. The van der Waals surface area contributed by atoms with Gasteiger partial charge in [0, 0.05) is 22.5 Å². The largest absolute Gasteiger partial charge is 0.345 e. The molecule has 0 aliphatic heterocycles. The van der Waals surface area contributed by atoms with Crippen molar-refractivity contribution in [2.75, 3.05) is 5.43 Å². The van der Waals surface area contributed by atoms with Crippen LogP contribution in [0.5, 0.6) is 0 Å². The number of aromatic nitrogens is 1. The third-order valence-electron chi connectivity index (χ3n) is 3.47. The van der Waals surface area contributed by atoms with Crippen LogP contribution >= 0.6 is 11.6 Å². The van der Waals surface area contributed by atoms with Gasteiger partial charge in [0.15, 0.2) is 0 Å². The lowest BCUT2D eigenvalue weighted by atomic mass is 10.2. The van der Waals surface area contributed by atoms with E-state index in [4.69, 9.17) is 11.6 Å². The number of nitro groups is 2. The van der Waals surface area contributed by atoms with Crippen molar-refractivity contribution in [3.05, 3.63) is 73.4 Å². The summed E-state index contributed by atoms with van der Waals surface area (Å²) in [6.45, 7) is 0. The van der Waals surface area contributed by atoms with Gasteiger partial charge in [-0.05, 0) is 12.1 Å². The first-order valence-electron chi connectivity index (χ1n) is 6.95. The minimum atomic E-state index is -0.719. The van der Waals surface area contributed by atoms with Crippen LogP contribution in [-0.2, 0) is 0 Å². The monoisotopic (exact) mass is 359 g/mol. The molecular formula is C15H10ClN5O4. The molecule has 3 aromatic rings. The highest BCUT2D eigenvalue weighted by Crippen LogP contribution is 2.29. The number of rotatable bonds is 5. The summed E-state index contributed by atoms with van der Waals surface area (Å²) in [6.07, 6.45) is 1.42. The highest BCUT2D eigenvalue weighted by molar-refractivity contribution is 6.34. The van der Waals surface area contributed by atoms with Crippen LogP contribution in [0.2, 0.25) is 5.15 Å². The molecule has 3 rings (SSSR count). The molecule has 0 fully saturated rings. The molecule has 1 heterocycles. The summed E-state index contributed by atoms with van der Waals surface area (Å²) in [6, 6.07) is 10.7. The zero-order valence-corrected chi connectivity index (χ0v) is 13.2. The summed E-state index contributed by atoms with van der Waals surface area (Å²) >= 11 is 6.13. The Morgan fingerprint density at radius 1 is 1.12 bits per heavy atom. The number of hydrogen-bond donors (Lipinski definition) is 2. The van der Waals surface area contributed by atoms with E-state index in [0.717, 1.165) is 23.0 Å². The number of nitro benzene ring substituents is 2. The predicted molar refractivity (Wildman–Crippen MR) is 94.3 cm³/mol. The summed E-state index contributed by atoms with van der Waals surface area (Å²) < 4.78 is 0. The molecule has 126 valence electrons. The fourth-order valence-electron chi connectivity index (χ4n) is 2.30. The van der Waals surface area contributed by atoms with Crippen molar-refractivity contribution in [2.45, 2.75) is 0 Å². The van der Waals surface area contributed by atoms with Crippen molar-refractivity contribution in [3.63, 3.8) is 0 Å². The lowest BCUT2D eigenvalue weighted by molar-refractivity contribution is -0.393. The number of aromatic amines is 1. The normalized spacial score (nSPS) is 11.1. The molecule has 0 amide bonds. The smallest absolute Gasteiger partial charge is 0.301 e. The average molecular weight is 360 g/mol. The fraction of sp³-hybridized carbons (Fsp3) is 0. The molecule has 25 heavy (non-hydrogen) atoms. The zero-order chi connectivity index (χ0) is 18.0. The maximum Gasteiger partial charge on any atom is 0.301 e. The van der Waals surface area contributed by atoms with Gasteiger partial charge in [0.05, 0.1) is 22.1 Å². The number of anilines is 1. The van der Waals surface area contributed by atoms with Crippen molar-refractivity contribution in [1.29, 1.82) is 0 Å². The minimum absolute atomic E-state index is 0.0304. The van der Waals surface area contributed by atoms with E-state index in [1.54, 1.807) is 0 Å². The zero-order valence-electron chi connectivity index (χ0n) is 12.5. The Hall–Kier alpha value is -3.46. The summed E-state index contributed by atoms with van der Waals surface area (Å²) in [5, 5.41) is 27.0. The van der Waals surface area contributed by atoms with E-state index >= 15 is 0 Å². The molecule has 0 aliphatic carbocycles. The quantitative estimate of drug-likeness (QED) is 0.403. The molecule has 0 saturated heterocycles. The lowest BCUT2D eigenvalue weighted by Gasteiger charge is -2.01. The number of fused-ring (bicyclic) bond motifs is 1. The van der Waals surface area contributed by atoms with E-state index in [2.05, 4.69) is 15.5 Å². The number of nitrogens with zero attached hydrogens (tertiary/aromatic N) is 3. The number of para-hydroxylation sites is 1. The number of non-ortho nitro benzene ring substituents is 1. The van der Waals surface area contributed by atoms with Crippen LogP contribution in [0.4, 0.5) is 17.1 Å².